The van der Waals surface area contributed by atoms with Crippen LogP contribution in [0.25, 0.3) is 58.4 Å². The van der Waals surface area contributed by atoms with Crippen LogP contribution in [-0.2, 0) is 0 Å². The molecular formula is C28H16BrNS. The third-order valence-corrected chi connectivity index (χ3v) is 8.06. The van der Waals surface area contributed by atoms with Gasteiger partial charge in [0, 0.05) is 36.1 Å². The van der Waals surface area contributed by atoms with Crippen molar-refractivity contribution in [3.8, 4) is 5.69 Å². The zero-order chi connectivity index (χ0) is 20.5. The van der Waals surface area contributed by atoms with Crippen molar-refractivity contribution < 1.29 is 0 Å². The molecule has 3 heteroatoms. The van der Waals surface area contributed by atoms with E-state index in [1.54, 1.807) is 0 Å². The Morgan fingerprint density at radius 2 is 1.35 bits per heavy atom. The van der Waals surface area contributed by atoms with Gasteiger partial charge < -0.3 is 4.57 Å². The van der Waals surface area contributed by atoms with Crippen LogP contribution in [0, 0.1) is 0 Å². The molecule has 0 amide bonds. The van der Waals surface area contributed by atoms with E-state index in [2.05, 4.69) is 118 Å². The van der Waals surface area contributed by atoms with E-state index in [0.29, 0.717) is 0 Å². The number of aromatic nitrogens is 1. The lowest BCUT2D eigenvalue weighted by molar-refractivity contribution is 1.21. The molecule has 0 fully saturated rings. The first-order valence-electron chi connectivity index (χ1n) is 10.3. The number of hydrogen-bond acceptors (Lipinski definition) is 1. The number of fused-ring (bicyclic) bond motifs is 8. The lowest BCUT2D eigenvalue weighted by Crippen LogP contribution is -1.95. The smallest absolute Gasteiger partial charge is 0.0731 e. The molecule has 5 aromatic carbocycles. The van der Waals surface area contributed by atoms with Crippen LogP contribution in [0.2, 0.25) is 0 Å². The second-order valence-electron chi connectivity index (χ2n) is 7.91. The molecule has 0 unspecified atom stereocenters. The van der Waals surface area contributed by atoms with Crippen molar-refractivity contribution in [2.45, 2.75) is 0 Å². The van der Waals surface area contributed by atoms with Crippen LogP contribution >= 0.6 is 27.3 Å². The molecule has 0 saturated carbocycles. The third-order valence-electron chi connectivity index (χ3n) is 6.24. The van der Waals surface area contributed by atoms with Gasteiger partial charge in [-0.05, 0) is 29.7 Å². The van der Waals surface area contributed by atoms with E-state index < -0.39 is 0 Å². The van der Waals surface area contributed by atoms with Crippen LogP contribution in [-0.4, -0.2) is 4.57 Å². The Balaban J connectivity index is 1.80. The Morgan fingerprint density at radius 1 is 0.645 bits per heavy atom. The van der Waals surface area contributed by atoms with Gasteiger partial charge in [-0.1, -0.05) is 88.7 Å². The summed E-state index contributed by atoms with van der Waals surface area (Å²) >= 11 is 5.82. The monoisotopic (exact) mass is 477 g/mol. The molecule has 0 aliphatic rings. The average Bonchev–Trinajstić information content (AvgIpc) is 3.35. The summed E-state index contributed by atoms with van der Waals surface area (Å²) in [5, 5.41) is 7.71. The van der Waals surface area contributed by atoms with Crippen LogP contribution in [0.3, 0.4) is 0 Å². The largest absolute Gasteiger partial charge is 0.307 e. The van der Waals surface area contributed by atoms with Gasteiger partial charge in [0.05, 0.1) is 21.4 Å². The highest BCUT2D eigenvalue weighted by Gasteiger charge is 2.20. The highest BCUT2D eigenvalue weighted by Crippen LogP contribution is 2.46. The fourth-order valence-corrected chi connectivity index (χ4v) is 6.79. The zero-order valence-corrected chi connectivity index (χ0v) is 18.9. The van der Waals surface area contributed by atoms with Gasteiger partial charge >= 0.3 is 0 Å². The van der Waals surface area contributed by atoms with Crippen LogP contribution in [0.5, 0.6) is 0 Å². The Bertz CT molecular complexity index is 1800. The second-order valence-corrected chi connectivity index (χ2v) is 9.81. The standard InChI is InChI=1S/C28H16BrNS/c29-22-16-21-19-11-4-6-15-25(19)31-28(21)27-26(22)20-12-3-5-13-24(20)30(27)23-14-7-9-17-8-1-2-10-18(17)23/h1-16H. The molecule has 7 aromatic rings. The minimum atomic E-state index is 1.15. The number of para-hydroxylation sites is 1. The van der Waals surface area contributed by atoms with Gasteiger partial charge in [-0.15, -0.1) is 11.3 Å². The summed E-state index contributed by atoms with van der Waals surface area (Å²) in [4.78, 5) is 0. The molecule has 0 saturated heterocycles. The van der Waals surface area contributed by atoms with Crippen LogP contribution < -0.4 is 0 Å². The van der Waals surface area contributed by atoms with Gasteiger partial charge in [-0.2, -0.15) is 0 Å². The summed E-state index contributed by atoms with van der Waals surface area (Å²) in [6, 6.07) is 35.0. The number of halogens is 1. The summed E-state index contributed by atoms with van der Waals surface area (Å²) in [5.41, 5.74) is 3.74. The molecule has 0 spiro atoms. The normalized spacial score (nSPS) is 12.0. The van der Waals surface area contributed by atoms with E-state index >= 15 is 0 Å². The molecule has 7 rings (SSSR count). The van der Waals surface area contributed by atoms with Gasteiger partial charge in [0.1, 0.15) is 0 Å². The molecule has 0 aliphatic heterocycles. The minimum Gasteiger partial charge on any atom is -0.307 e. The maximum Gasteiger partial charge on any atom is 0.0731 e. The molecule has 0 radical (unpaired) electrons. The molecule has 1 nitrogen and oxygen atoms in total. The van der Waals surface area contributed by atoms with E-state index in [4.69, 9.17) is 0 Å². The first-order chi connectivity index (χ1) is 15.3. The average molecular weight is 478 g/mol. The first-order valence-corrected chi connectivity index (χ1v) is 11.9. The lowest BCUT2D eigenvalue weighted by Gasteiger charge is -2.12. The molecule has 2 heterocycles. The predicted octanol–water partition coefficient (Wildman–Crippen LogP) is 9.07. The van der Waals surface area contributed by atoms with E-state index in [1.807, 2.05) is 11.3 Å². The number of hydrogen-bond donors (Lipinski definition) is 0. The van der Waals surface area contributed by atoms with Crippen molar-refractivity contribution >= 4 is 80.0 Å². The van der Waals surface area contributed by atoms with Crippen molar-refractivity contribution in [3.05, 3.63) is 102 Å². The number of benzene rings is 5. The molecule has 0 aliphatic carbocycles. The minimum absolute atomic E-state index is 1.15. The van der Waals surface area contributed by atoms with E-state index in [1.165, 1.54) is 58.4 Å². The van der Waals surface area contributed by atoms with E-state index in [9.17, 15) is 0 Å². The highest BCUT2D eigenvalue weighted by molar-refractivity contribution is 9.10. The summed E-state index contributed by atoms with van der Waals surface area (Å²) < 4.78 is 6.28. The Hall–Kier alpha value is -3.14. The lowest BCUT2D eigenvalue weighted by atomic mass is 10.1. The maximum atomic E-state index is 3.94. The molecule has 0 bridgehead atoms. The zero-order valence-electron chi connectivity index (χ0n) is 16.5. The Morgan fingerprint density at radius 3 is 2.26 bits per heavy atom. The van der Waals surface area contributed by atoms with Crippen LogP contribution in [0.1, 0.15) is 0 Å². The van der Waals surface area contributed by atoms with Crippen LogP contribution in [0.4, 0.5) is 0 Å². The number of rotatable bonds is 1. The summed E-state index contributed by atoms with van der Waals surface area (Å²) in [7, 11) is 0. The van der Waals surface area contributed by atoms with E-state index in [-0.39, 0.29) is 0 Å². The van der Waals surface area contributed by atoms with Crippen molar-refractivity contribution in [1.29, 1.82) is 0 Å². The Kier molecular flexibility index (Phi) is 3.64. The molecule has 2 aromatic heterocycles. The van der Waals surface area contributed by atoms with Gasteiger partial charge in [0.25, 0.3) is 0 Å². The van der Waals surface area contributed by atoms with Gasteiger partial charge in [-0.25, -0.2) is 0 Å². The maximum absolute atomic E-state index is 3.94. The van der Waals surface area contributed by atoms with Crippen LogP contribution in [0.15, 0.2) is 102 Å². The van der Waals surface area contributed by atoms with E-state index in [0.717, 1.165) is 4.47 Å². The summed E-state index contributed by atoms with van der Waals surface area (Å²) in [5.74, 6) is 0. The van der Waals surface area contributed by atoms with Crippen molar-refractivity contribution in [2.24, 2.45) is 0 Å². The summed E-state index contributed by atoms with van der Waals surface area (Å²) in [6.45, 7) is 0. The predicted molar refractivity (Wildman–Crippen MR) is 139 cm³/mol. The number of thiophene rings is 1. The van der Waals surface area contributed by atoms with Crippen molar-refractivity contribution in [1.82, 2.24) is 4.57 Å². The summed E-state index contributed by atoms with van der Waals surface area (Å²) in [6.07, 6.45) is 0. The van der Waals surface area contributed by atoms with Gasteiger partial charge in [-0.3, -0.25) is 0 Å². The highest BCUT2D eigenvalue weighted by atomic mass is 79.9. The van der Waals surface area contributed by atoms with Crippen molar-refractivity contribution in [2.75, 3.05) is 0 Å². The second kappa shape index (κ2) is 6.43. The van der Waals surface area contributed by atoms with Crippen molar-refractivity contribution in [3.63, 3.8) is 0 Å². The van der Waals surface area contributed by atoms with Gasteiger partial charge in [0.15, 0.2) is 0 Å². The molecule has 31 heavy (non-hydrogen) atoms. The first kappa shape index (κ1) is 17.5. The fraction of sp³-hybridized carbons (Fsp3) is 0. The molecular weight excluding hydrogens is 462 g/mol. The number of nitrogens with zero attached hydrogens (tertiary/aromatic N) is 1. The quantitative estimate of drug-likeness (QED) is 0.222. The molecule has 146 valence electrons. The topological polar surface area (TPSA) is 4.93 Å². The third kappa shape index (κ3) is 2.36. The Labute approximate surface area is 191 Å². The SMILES string of the molecule is Brc1cc2c3ccccc3sc2c2c1c1ccccc1n2-c1cccc2ccccc12. The fourth-order valence-electron chi connectivity index (χ4n) is 4.93. The molecule has 0 N–H and O–H groups in total. The molecule has 0 atom stereocenters. The van der Waals surface area contributed by atoms with Gasteiger partial charge in [0.2, 0.25) is 0 Å².